The van der Waals surface area contributed by atoms with Crippen molar-refractivity contribution in [3.05, 3.63) is 109 Å². The van der Waals surface area contributed by atoms with Gasteiger partial charge in [-0.2, -0.15) is 0 Å². The fraction of sp³-hybridized carbons (Fsp3) is 0.0800. The summed E-state index contributed by atoms with van der Waals surface area (Å²) >= 11 is 1.45. The monoisotopic (exact) mass is 458 g/mol. The van der Waals surface area contributed by atoms with Crippen molar-refractivity contribution in [2.75, 3.05) is 0 Å². The molecule has 2 aromatic heterocycles. The normalized spacial score (nSPS) is 10.9. The first-order valence-corrected chi connectivity index (χ1v) is 11.3. The number of para-hydroxylation sites is 2. The van der Waals surface area contributed by atoms with Gasteiger partial charge in [0.2, 0.25) is 5.89 Å². The molecule has 0 fully saturated rings. The van der Waals surface area contributed by atoms with Crippen LogP contribution in [0.3, 0.4) is 0 Å². The summed E-state index contributed by atoms with van der Waals surface area (Å²) in [6.45, 7) is 0.0700. The van der Waals surface area contributed by atoms with Gasteiger partial charge in [-0.05, 0) is 24.3 Å². The topological polar surface area (TPSA) is 66.0 Å². The lowest BCUT2D eigenvalue weighted by atomic mass is 10.2. The molecule has 0 spiro atoms. The highest BCUT2D eigenvalue weighted by Gasteiger charge is 2.17. The molecule has 3 aromatic carbocycles. The van der Waals surface area contributed by atoms with Crippen LogP contribution in [0.1, 0.15) is 11.7 Å². The van der Waals surface area contributed by atoms with Crippen LogP contribution >= 0.6 is 11.8 Å². The largest absolute Gasteiger partial charge is 0.483 e. The van der Waals surface area contributed by atoms with Gasteiger partial charge in [-0.15, -0.1) is 10.2 Å². The van der Waals surface area contributed by atoms with Gasteiger partial charge >= 0.3 is 0 Å². The Hall–Kier alpha value is -3.91. The summed E-state index contributed by atoms with van der Waals surface area (Å²) in [6, 6.07) is 25.8. The first-order chi connectivity index (χ1) is 16.3. The highest BCUT2D eigenvalue weighted by Crippen LogP contribution is 2.28. The Kier molecular flexibility index (Phi) is 6.16. The van der Waals surface area contributed by atoms with Crippen LogP contribution in [0.4, 0.5) is 4.39 Å². The van der Waals surface area contributed by atoms with Crippen molar-refractivity contribution < 1.29 is 13.5 Å². The highest BCUT2D eigenvalue weighted by molar-refractivity contribution is 7.98. The number of halogens is 1. The molecule has 0 atom stereocenters. The number of aromatic nitrogens is 4. The molecule has 0 amide bonds. The maximum atomic E-state index is 14.0. The van der Waals surface area contributed by atoms with Gasteiger partial charge in [0.05, 0.1) is 11.9 Å². The Morgan fingerprint density at radius 1 is 0.879 bits per heavy atom. The van der Waals surface area contributed by atoms with Crippen molar-refractivity contribution in [2.24, 2.45) is 0 Å². The molecule has 5 rings (SSSR count). The molecule has 0 saturated heterocycles. The SMILES string of the molecule is Fc1ccccc1OCc1nnc(SCc2ncc(-c3ccccc3)o2)n1-c1ccccc1. The molecule has 0 aliphatic carbocycles. The molecule has 0 radical (unpaired) electrons. The Labute approximate surface area is 194 Å². The molecule has 0 N–H and O–H groups in total. The van der Waals surface area contributed by atoms with Crippen molar-refractivity contribution >= 4 is 11.8 Å². The van der Waals surface area contributed by atoms with Gasteiger partial charge in [0, 0.05) is 11.3 Å². The predicted octanol–water partition coefficient (Wildman–Crippen LogP) is 5.93. The van der Waals surface area contributed by atoms with Gasteiger partial charge in [-0.25, -0.2) is 9.37 Å². The molecule has 5 aromatic rings. The summed E-state index contributed by atoms with van der Waals surface area (Å²) in [4.78, 5) is 4.39. The summed E-state index contributed by atoms with van der Waals surface area (Å²) in [5, 5.41) is 9.30. The maximum Gasteiger partial charge on any atom is 0.205 e. The molecule has 8 heteroatoms. The fourth-order valence-corrected chi connectivity index (χ4v) is 4.09. The standard InChI is InChI=1S/C25H19FN4O2S/c26-20-13-7-8-14-21(20)31-16-23-28-29-25(30(23)19-11-5-2-6-12-19)33-17-24-27-15-22(32-24)18-9-3-1-4-10-18/h1-15H,16-17H2. The Bertz CT molecular complexity index is 1340. The zero-order valence-corrected chi connectivity index (χ0v) is 18.3. The van der Waals surface area contributed by atoms with Crippen molar-refractivity contribution in [1.29, 1.82) is 0 Å². The van der Waals surface area contributed by atoms with E-state index in [9.17, 15) is 4.39 Å². The van der Waals surface area contributed by atoms with E-state index in [2.05, 4.69) is 15.2 Å². The lowest BCUT2D eigenvalue weighted by molar-refractivity contribution is 0.278. The lowest BCUT2D eigenvalue weighted by Crippen LogP contribution is -2.07. The van der Waals surface area contributed by atoms with E-state index in [0.717, 1.165) is 17.0 Å². The number of nitrogens with zero attached hydrogens (tertiary/aromatic N) is 4. The molecular weight excluding hydrogens is 439 g/mol. The van der Waals surface area contributed by atoms with Gasteiger partial charge < -0.3 is 9.15 Å². The quantitative estimate of drug-likeness (QED) is 0.268. The Morgan fingerprint density at radius 2 is 1.61 bits per heavy atom. The highest BCUT2D eigenvalue weighted by atomic mass is 32.2. The lowest BCUT2D eigenvalue weighted by Gasteiger charge is -2.11. The third kappa shape index (κ3) is 4.80. The van der Waals surface area contributed by atoms with Crippen LogP contribution in [-0.4, -0.2) is 19.7 Å². The number of hydrogen-bond donors (Lipinski definition) is 0. The van der Waals surface area contributed by atoms with Crippen molar-refractivity contribution in [3.63, 3.8) is 0 Å². The van der Waals surface area contributed by atoms with E-state index in [1.54, 1.807) is 24.4 Å². The summed E-state index contributed by atoms with van der Waals surface area (Å²) in [5.74, 6) is 2.09. The number of hydrogen-bond acceptors (Lipinski definition) is 6. The second-order valence-corrected chi connectivity index (χ2v) is 8.00. The number of oxazole rings is 1. The van der Waals surface area contributed by atoms with Crippen molar-refractivity contribution in [3.8, 4) is 22.8 Å². The van der Waals surface area contributed by atoms with Crippen LogP contribution in [0.2, 0.25) is 0 Å². The zero-order chi connectivity index (χ0) is 22.5. The van der Waals surface area contributed by atoms with Crippen LogP contribution in [0.5, 0.6) is 5.75 Å². The molecule has 0 aliphatic rings. The van der Waals surface area contributed by atoms with Crippen LogP contribution in [0.15, 0.2) is 101 Å². The van der Waals surface area contributed by atoms with Gasteiger partial charge in [-0.3, -0.25) is 4.57 Å². The minimum atomic E-state index is -0.420. The van der Waals surface area contributed by atoms with E-state index in [1.165, 1.54) is 17.8 Å². The van der Waals surface area contributed by atoms with E-state index in [1.807, 2.05) is 65.2 Å². The van der Waals surface area contributed by atoms with E-state index >= 15 is 0 Å². The summed E-state index contributed by atoms with van der Waals surface area (Å²) in [6.07, 6.45) is 1.72. The molecule has 0 unspecified atom stereocenters. The summed E-state index contributed by atoms with van der Waals surface area (Å²) in [7, 11) is 0. The molecule has 2 heterocycles. The van der Waals surface area contributed by atoms with Crippen LogP contribution in [0, 0.1) is 5.82 Å². The first-order valence-electron chi connectivity index (χ1n) is 10.3. The molecule has 0 bridgehead atoms. The number of ether oxygens (including phenoxy) is 1. The first kappa shape index (κ1) is 21.0. The smallest absolute Gasteiger partial charge is 0.205 e. The molecule has 0 aliphatic heterocycles. The predicted molar refractivity (Wildman–Crippen MR) is 124 cm³/mol. The second kappa shape index (κ2) is 9.70. The Balaban J connectivity index is 1.36. The van der Waals surface area contributed by atoms with Crippen LogP contribution < -0.4 is 4.74 Å². The van der Waals surface area contributed by atoms with Gasteiger partial charge in [0.15, 0.2) is 28.3 Å². The maximum absolute atomic E-state index is 14.0. The van der Waals surface area contributed by atoms with Crippen molar-refractivity contribution in [2.45, 2.75) is 17.5 Å². The number of rotatable bonds is 8. The van der Waals surface area contributed by atoms with Crippen LogP contribution in [-0.2, 0) is 12.4 Å². The van der Waals surface area contributed by atoms with Crippen molar-refractivity contribution in [1.82, 2.24) is 19.7 Å². The molecule has 6 nitrogen and oxygen atoms in total. The molecule has 164 valence electrons. The average molecular weight is 459 g/mol. The minimum Gasteiger partial charge on any atom is -0.483 e. The number of benzene rings is 3. The minimum absolute atomic E-state index is 0.0700. The molecule has 0 saturated carbocycles. The third-order valence-corrected chi connectivity index (χ3v) is 5.76. The van der Waals surface area contributed by atoms with E-state index in [0.29, 0.717) is 22.6 Å². The van der Waals surface area contributed by atoms with E-state index in [4.69, 9.17) is 9.15 Å². The fourth-order valence-electron chi connectivity index (χ4n) is 3.27. The van der Waals surface area contributed by atoms with Gasteiger partial charge in [-0.1, -0.05) is 72.4 Å². The van der Waals surface area contributed by atoms with E-state index in [-0.39, 0.29) is 12.4 Å². The summed E-state index contributed by atoms with van der Waals surface area (Å²) < 4.78 is 27.4. The average Bonchev–Trinajstić information content (AvgIpc) is 3.50. The van der Waals surface area contributed by atoms with Gasteiger partial charge in [0.1, 0.15) is 6.61 Å². The third-order valence-electron chi connectivity index (χ3n) is 4.84. The Morgan fingerprint density at radius 3 is 2.39 bits per heavy atom. The zero-order valence-electron chi connectivity index (χ0n) is 17.5. The van der Waals surface area contributed by atoms with Gasteiger partial charge in [0.25, 0.3) is 0 Å². The summed E-state index contributed by atoms with van der Waals surface area (Å²) in [5.41, 5.74) is 1.86. The van der Waals surface area contributed by atoms with Crippen LogP contribution in [0.25, 0.3) is 17.0 Å². The second-order valence-electron chi connectivity index (χ2n) is 7.06. The van der Waals surface area contributed by atoms with E-state index < -0.39 is 5.82 Å². The molecular formula is C25H19FN4O2S. The number of thioether (sulfide) groups is 1. The molecule has 33 heavy (non-hydrogen) atoms.